The van der Waals surface area contributed by atoms with Gasteiger partial charge in [-0.05, 0) is 37.0 Å². The monoisotopic (exact) mass is 401 g/mol. The molecule has 156 valence electrons. The number of esters is 1. The van der Waals surface area contributed by atoms with Crippen molar-refractivity contribution in [2.45, 2.75) is 32.2 Å². The van der Waals surface area contributed by atoms with Crippen molar-refractivity contribution in [3.63, 3.8) is 0 Å². The summed E-state index contributed by atoms with van der Waals surface area (Å²) in [6.07, 6.45) is 0.591. The normalized spacial score (nSPS) is 12.8. The molecule has 2 aromatic rings. The van der Waals surface area contributed by atoms with Crippen molar-refractivity contribution in [3.05, 3.63) is 59.7 Å². The lowest BCUT2D eigenvalue weighted by molar-refractivity contribution is -0.147. The summed E-state index contributed by atoms with van der Waals surface area (Å²) in [5, 5.41) is 31.5. The molecule has 0 radical (unpaired) electrons. The molecule has 4 N–H and O–H groups in total. The minimum Gasteiger partial charge on any atom is -0.508 e. The van der Waals surface area contributed by atoms with Crippen LogP contribution < -0.4 is 5.32 Å². The van der Waals surface area contributed by atoms with Gasteiger partial charge in [0.2, 0.25) is 5.91 Å². The van der Waals surface area contributed by atoms with Crippen molar-refractivity contribution in [2.75, 3.05) is 13.2 Å². The van der Waals surface area contributed by atoms with Crippen LogP contribution in [0.2, 0.25) is 0 Å². The summed E-state index contributed by atoms with van der Waals surface area (Å²) in [6.45, 7) is 1.67. The van der Waals surface area contributed by atoms with Crippen LogP contribution in [0.15, 0.2) is 48.5 Å². The van der Waals surface area contributed by atoms with E-state index in [-0.39, 0.29) is 44.0 Å². The molecule has 1 amide bonds. The van der Waals surface area contributed by atoms with Gasteiger partial charge in [0, 0.05) is 25.0 Å². The fraction of sp³-hybridized carbons (Fsp3) is 0.364. The van der Waals surface area contributed by atoms with E-state index >= 15 is 0 Å². The highest BCUT2D eigenvalue weighted by atomic mass is 16.5. The van der Waals surface area contributed by atoms with Gasteiger partial charge in [-0.2, -0.15) is 0 Å². The van der Waals surface area contributed by atoms with Crippen molar-refractivity contribution in [1.29, 1.82) is 0 Å². The van der Waals surface area contributed by atoms with Gasteiger partial charge in [0.05, 0.1) is 6.61 Å². The Labute approximate surface area is 170 Å². The Morgan fingerprint density at radius 3 is 2.41 bits per heavy atom. The van der Waals surface area contributed by atoms with Crippen molar-refractivity contribution in [1.82, 2.24) is 5.32 Å². The van der Waals surface area contributed by atoms with Crippen LogP contribution in [0.3, 0.4) is 0 Å². The average Bonchev–Trinajstić information content (AvgIpc) is 2.70. The highest BCUT2D eigenvalue weighted by Crippen LogP contribution is 2.26. The third kappa shape index (κ3) is 6.80. The van der Waals surface area contributed by atoms with E-state index in [0.29, 0.717) is 5.56 Å². The van der Waals surface area contributed by atoms with E-state index in [0.717, 1.165) is 5.56 Å². The Morgan fingerprint density at radius 2 is 1.79 bits per heavy atom. The molecule has 0 fully saturated rings. The molecular weight excluding hydrogens is 374 g/mol. The first-order valence-corrected chi connectivity index (χ1v) is 9.57. The number of phenols is 2. The first-order valence-electron chi connectivity index (χ1n) is 9.57. The number of nitrogens with one attached hydrogen (secondary N) is 1. The molecular formula is C22H27NO6. The molecule has 0 saturated heterocycles. The number of hydrogen-bond donors (Lipinski definition) is 4. The van der Waals surface area contributed by atoms with Crippen molar-refractivity contribution < 1.29 is 29.6 Å². The summed E-state index contributed by atoms with van der Waals surface area (Å²) in [6, 6.07) is 12.6. The van der Waals surface area contributed by atoms with Crippen LogP contribution in [0.1, 0.15) is 24.5 Å². The first kappa shape index (κ1) is 22.2. The Hall–Kier alpha value is -3.06. The van der Waals surface area contributed by atoms with Crippen LogP contribution in [0.5, 0.6) is 11.5 Å². The zero-order valence-corrected chi connectivity index (χ0v) is 16.4. The number of aromatic hydroxyl groups is 2. The number of carbonyl (C=O) groups is 2. The van der Waals surface area contributed by atoms with Gasteiger partial charge < -0.3 is 25.4 Å². The summed E-state index contributed by atoms with van der Waals surface area (Å²) < 4.78 is 5.10. The van der Waals surface area contributed by atoms with Gasteiger partial charge in [-0.3, -0.25) is 4.79 Å². The van der Waals surface area contributed by atoms with Crippen LogP contribution in [0.4, 0.5) is 0 Å². The highest BCUT2D eigenvalue weighted by molar-refractivity contribution is 5.86. The fourth-order valence-corrected chi connectivity index (χ4v) is 3.05. The maximum Gasteiger partial charge on any atom is 0.328 e. The van der Waals surface area contributed by atoms with Crippen LogP contribution in [0, 0.1) is 5.92 Å². The summed E-state index contributed by atoms with van der Waals surface area (Å²) in [4.78, 5) is 25.2. The Kier molecular flexibility index (Phi) is 8.48. The van der Waals surface area contributed by atoms with E-state index in [2.05, 4.69) is 5.32 Å². The molecule has 0 spiro atoms. The minimum atomic E-state index is -0.862. The molecule has 0 aliphatic carbocycles. The predicted octanol–water partition coefficient (Wildman–Crippen LogP) is 1.93. The van der Waals surface area contributed by atoms with Gasteiger partial charge in [-0.1, -0.05) is 36.4 Å². The topological polar surface area (TPSA) is 116 Å². The van der Waals surface area contributed by atoms with E-state index in [9.17, 15) is 24.9 Å². The average molecular weight is 401 g/mol. The minimum absolute atomic E-state index is 0.0837. The summed E-state index contributed by atoms with van der Waals surface area (Å²) in [5.74, 6) is -1.82. The Balaban J connectivity index is 2.15. The molecule has 0 aromatic heterocycles. The van der Waals surface area contributed by atoms with Crippen LogP contribution in [-0.2, 0) is 27.2 Å². The molecule has 29 heavy (non-hydrogen) atoms. The molecule has 0 aliphatic rings. The molecule has 0 bridgehead atoms. The maximum absolute atomic E-state index is 12.9. The Bertz CT molecular complexity index is 808. The van der Waals surface area contributed by atoms with Gasteiger partial charge in [0.15, 0.2) is 0 Å². The molecule has 2 rings (SSSR count). The van der Waals surface area contributed by atoms with Gasteiger partial charge in [-0.15, -0.1) is 0 Å². The summed E-state index contributed by atoms with van der Waals surface area (Å²) in [7, 11) is 0. The molecule has 7 heteroatoms. The van der Waals surface area contributed by atoms with E-state index in [1.54, 1.807) is 6.92 Å². The van der Waals surface area contributed by atoms with Gasteiger partial charge >= 0.3 is 5.97 Å². The van der Waals surface area contributed by atoms with Crippen LogP contribution in [0.25, 0.3) is 0 Å². The smallest absolute Gasteiger partial charge is 0.328 e. The SMILES string of the molecule is CCOC(=O)[C@H](Cc1ccccc1)NC(=O)C(CCO)Cc1ccc(O)cc1O. The molecule has 2 atom stereocenters. The number of ether oxygens (including phenoxy) is 1. The number of carbonyl (C=O) groups excluding carboxylic acids is 2. The van der Waals surface area contributed by atoms with E-state index in [1.165, 1.54) is 18.2 Å². The molecule has 0 heterocycles. The third-order valence-electron chi connectivity index (χ3n) is 4.55. The van der Waals surface area contributed by atoms with Crippen molar-refractivity contribution in [3.8, 4) is 11.5 Å². The zero-order valence-electron chi connectivity index (χ0n) is 16.4. The van der Waals surface area contributed by atoms with Gasteiger partial charge in [0.25, 0.3) is 0 Å². The van der Waals surface area contributed by atoms with E-state index in [4.69, 9.17) is 4.74 Å². The standard InChI is InChI=1S/C22H27NO6/c1-2-29-22(28)19(12-15-6-4-3-5-7-15)23-21(27)17(10-11-24)13-16-8-9-18(25)14-20(16)26/h3-9,14,17,19,24-26H,2,10-13H2,1H3,(H,23,27)/t17?,19-/m0/s1. The maximum atomic E-state index is 12.9. The fourth-order valence-electron chi connectivity index (χ4n) is 3.05. The summed E-state index contributed by atoms with van der Waals surface area (Å²) >= 11 is 0. The van der Waals surface area contributed by atoms with E-state index in [1.807, 2.05) is 30.3 Å². The van der Waals surface area contributed by atoms with Crippen molar-refractivity contribution in [2.24, 2.45) is 5.92 Å². The van der Waals surface area contributed by atoms with Crippen molar-refractivity contribution >= 4 is 11.9 Å². The number of aliphatic hydroxyl groups is 1. The number of amides is 1. The van der Waals surface area contributed by atoms with Crippen LogP contribution >= 0.6 is 0 Å². The second-order valence-corrected chi connectivity index (χ2v) is 6.73. The first-order chi connectivity index (χ1) is 13.9. The predicted molar refractivity (Wildman–Crippen MR) is 107 cm³/mol. The Morgan fingerprint density at radius 1 is 1.07 bits per heavy atom. The second kappa shape index (κ2) is 11.1. The zero-order chi connectivity index (χ0) is 21.2. The molecule has 0 aliphatic heterocycles. The van der Waals surface area contributed by atoms with Gasteiger partial charge in [0.1, 0.15) is 17.5 Å². The number of aliphatic hydroxyl groups excluding tert-OH is 1. The number of benzene rings is 2. The summed E-state index contributed by atoms with van der Waals surface area (Å²) in [5.41, 5.74) is 1.34. The van der Waals surface area contributed by atoms with E-state index < -0.39 is 23.8 Å². The largest absolute Gasteiger partial charge is 0.508 e. The lowest BCUT2D eigenvalue weighted by Crippen LogP contribution is -2.46. The second-order valence-electron chi connectivity index (χ2n) is 6.73. The lowest BCUT2D eigenvalue weighted by Gasteiger charge is -2.22. The molecule has 1 unspecified atom stereocenters. The molecule has 0 saturated carbocycles. The third-order valence-corrected chi connectivity index (χ3v) is 4.55. The highest BCUT2D eigenvalue weighted by Gasteiger charge is 2.27. The van der Waals surface area contributed by atoms with Crippen LogP contribution in [-0.4, -0.2) is 46.5 Å². The quantitative estimate of drug-likeness (QED) is 0.452. The number of phenolic OH excluding ortho intramolecular Hbond substituents is 2. The molecule has 2 aromatic carbocycles. The number of rotatable bonds is 10. The lowest BCUT2D eigenvalue weighted by atomic mass is 9.94. The van der Waals surface area contributed by atoms with Gasteiger partial charge in [-0.25, -0.2) is 4.79 Å². The molecule has 7 nitrogen and oxygen atoms in total. The number of hydrogen-bond acceptors (Lipinski definition) is 6.